The van der Waals surface area contributed by atoms with Gasteiger partial charge in [-0.3, -0.25) is 20.2 Å². The van der Waals surface area contributed by atoms with Gasteiger partial charge in [-0.15, -0.1) is 11.3 Å². The maximum Gasteiger partial charge on any atom is 0.311 e. The standard InChI is InChI=1S/C19H15N3O6S/c1-2-26-15-5-4-12(7-14(15)22(24)25)18(23)21-19-20-13(9-29-19)11-3-6-16-17(8-11)28-10-27-16/h3-9H,2,10H2,1H3,(H,20,21,23). The molecular weight excluding hydrogens is 398 g/mol. The molecule has 1 N–H and O–H groups in total. The zero-order valence-electron chi connectivity index (χ0n) is 15.2. The van der Waals surface area contributed by atoms with E-state index in [0.717, 1.165) is 5.56 Å². The number of nitrogens with one attached hydrogen (secondary N) is 1. The highest BCUT2D eigenvalue weighted by molar-refractivity contribution is 7.14. The molecular formula is C19H15N3O6S. The highest BCUT2D eigenvalue weighted by Gasteiger charge is 2.20. The number of aromatic nitrogens is 1. The molecule has 0 unspecified atom stereocenters. The van der Waals surface area contributed by atoms with Gasteiger partial charge < -0.3 is 14.2 Å². The van der Waals surface area contributed by atoms with Crippen molar-refractivity contribution in [3.8, 4) is 28.5 Å². The Morgan fingerprint density at radius 1 is 1.28 bits per heavy atom. The van der Waals surface area contributed by atoms with Gasteiger partial charge in [0.05, 0.1) is 17.2 Å². The van der Waals surface area contributed by atoms with E-state index in [1.165, 1.54) is 29.5 Å². The van der Waals surface area contributed by atoms with Crippen LogP contribution in [0.4, 0.5) is 10.8 Å². The van der Waals surface area contributed by atoms with Crippen molar-refractivity contribution < 1.29 is 23.9 Å². The number of nitrogens with zero attached hydrogens (tertiary/aromatic N) is 2. The third-order valence-corrected chi connectivity index (χ3v) is 4.87. The quantitative estimate of drug-likeness (QED) is 0.478. The van der Waals surface area contributed by atoms with Crippen molar-refractivity contribution in [2.75, 3.05) is 18.7 Å². The van der Waals surface area contributed by atoms with Crippen LogP contribution in [0, 0.1) is 10.1 Å². The molecule has 1 aliphatic rings. The first-order valence-electron chi connectivity index (χ1n) is 8.63. The fourth-order valence-corrected chi connectivity index (χ4v) is 3.48. The lowest BCUT2D eigenvalue weighted by Crippen LogP contribution is -2.12. The minimum Gasteiger partial charge on any atom is -0.487 e. The number of nitro groups is 1. The molecule has 0 bridgehead atoms. The molecule has 0 fully saturated rings. The lowest BCUT2D eigenvalue weighted by Gasteiger charge is -2.06. The number of nitro benzene ring substituents is 1. The second-order valence-corrected chi connectivity index (χ2v) is 6.79. The summed E-state index contributed by atoms with van der Waals surface area (Å²) in [5, 5.41) is 16.1. The molecule has 9 nitrogen and oxygen atoms in total. The predicted molar refractivity (Wildman–Crippen MR) is 106 cm³/mol. The zero-order valence-corrected chi connectivity index (χ0v) is 16.0. The van der Waals surface area contributed by atoms with E-state index in [2.05, 4.69) is 10.3 Å². The van der Waals surface area contributed by atoms with Crippen LogP contribution in [0.2, 0.25) is 0 Å². The monoisotopic (exact) mass is 413 g/mol. The SMILES string of the molecule is CCOc1ccc(C(=O)Nc2nc(-c3ccc4c(c3)OCO4)cs2)cc1[N+](=O)[O-]. The predicted octanol–water partition coefficient (Wildman–Crippen LogP) is 4.10. The Morgan fingerprint density at radius 2 is 2.10 bits per heavy atom. The number of rotatable bonds is 6. The smallest absolute Gasteiger partial charge is 0.311 e. The number of hydrogen-bond acceptors (Lipinski definition) is 8. The van der Waals surface area contributed by atoms with Gasteiger partial charge in [0.2, 0.25) is 6.79 Å². The summed E-state index contributed by atoms with van der Waals surface area (Å²) < 4.78 is 15.9. The van der Waals surface area contributed by atoms with Crippen LogP contribution < -0.4 is 19.5 Å². The lowest BCUT2D eigenvalue weighted by molar-refractivity contribution is -0.385. The van der Waals surface area contributed by atoms with Crippen LogP contribution in [0.3, 0.4) is 0 Å². The summed E-state index contributed by atoms with van der Waals surface area (Å²) in [5.41, 5.74) is 1.36. The number of hydrogen-bond donors (Lipinski definition) is 1. The number of benzene rings is 2. The van der Waals surface area contributed by atoms with E-state index in [-0.39, 0.29) is 30.4 Å². The van der Waals surface area contributed by atoms with Crippen LogP contribution in [-0.2, 0) is 0 Å². The van der Waals surface area contributed by atoms with E-state index < -0.39 is 10.8 Å². The number of carbonyl (C=O) groups is 1. The van der Waals surface area contributed by atoms with Crippen LogP contribution in [0.25, 0.3) is 11.3 Å². The summed E-state index contributed by atoms with van der Waals surface area (Å²) in [5.74, 6) is 0.938. The van der Waals surface area contributed by atoms with E-state index >= 15 is 0 Å². The van der Waals surface area contributed by atoms with Gasteiger partial charge in [-0.2, -0.15) is 0 Å². The Bertz CT molecular complexity index is 1100. The number of thiazole rings is 1. The van der Waals surface area contributed by atoms with Gasteiger partial charge in [0.15, 0.2) is 22.4 Å². The molecule has 0 aliphatic carbocycles. The largest absolute Gasteiger partial charge is 0.487 e. The van der Waals surface area contributed by atoms with E-state index in [4.69, 9.17) is 14.2 Å². The van der Waals surface area contributed by atoms with Gasteiger partial charge in [0.1, 0.15) is 0 Å². The molecule has 0 atom stereocenters. The Balaban J connectivity index is 1.52. The van der Waals surface area contributed by atoms with E-state index in [9.17, 15) is 14.9 Å². The van der Waals surface area contributed by atoms with Gasteiger partial charge in [0.25, 0.3) is 5.91 Å². The van der Waals surface area contributed by atoms with Crippen molar-refractivity contribution in [3.63, 3.8) is 0 Å². The molecule has 1 amide bonds. The molecule has 0 saturated carbocycles. The molecule has 1 aliphatic heterocycles. The summed E-state index contributed by atoms with van der Waals surface area (Å²) in [4.78, 5) is 27.6. The summed E-state index contributed by atoms with van der Waals surface area (Å²) in [7, 11) is 0. The molecule has 148 valence electrons. The summed E-state index contributed by atoms with van der Waals surface area (Å²) >= 11 is 1.25. The summed E-state index contributed by atoms with van der Waals surface area (Å²) in [6.45, 7) is 2.20. The number of anilines is 1. The molecule has 2 aromatic carbocycles. The molecule has 0 radical (unpaired) electrons. The minimum absolute atomic E-state index is 0.119. The van der Waals surface area contributed by atoms with Gasteiger partial charge >= 0.3 is 5.69 Å². The molecule has 4 rings (SSSR count). The van der Waals surface area contributed by atoms with Crippen LogP contribution in [0.15, 0.2) is 41.8 Å². The van der Waals surface area contributed by atoms with Crippen molar-refractivity contribution in [2.45, 2.75) is 6.92 Å². The molecule has 10 heteroatoms. The van der Waals surface area contributed by atoms with Crippen molar-refractivity contribution in [1.82, 2.24) is 4.98 Å². The first-order chi connectivity index (χ1) is 14.0. The maximum atomic E-state index is 12.5. The van der Waals surface area contributed by atoms with Crippen LogP contribution >= 0.6 is 11.3 Å². The van der Waals surface area contributed by atoms with Crippen molar-refractivity contribution >= 4 is 28.1 Å². The number of amides is 1. The van der Waals surface area contributed by atoms with Crippen LogP contribution in [0.5, 0.6) is 17.2 Å². The summed E-state index contributed by atoms with van der Waals surface area (Å²) in [6.07, 6.45) is 0. The first-order valence-corrected chi connectivity index (χ1v) is 9.51. The fourth-order valence-electron chi connectivity index (χ4n) is 2.77. The van der Waals surface area contributed by atoms with Gasteiger partial charge in [-0.05, 0) is 37.3 Å². The third kappa shape index (κ3) is 3.83. The van der Waals surface area contributed by atoms with Gasteiger partial charge in [-0.1, -0.05) is 0 Å². The Hall–Kier alpha value is -3.66. The molecule has 29 heavy (non-hydrogen) atoms. The van der Waals surface area contributed by atoms with Crippen molar-refractivity contribution in [2.24, 2.45) is 0 Å². The first kappa shape index (κ1) is 18.7. The number of carbonyl (C=O) groups excluding carboxylic acids is 1. The highest BCUT2D eigenvalue weighted by Crippen LogP contribution is 2.36. The Kier molecular flexibility index (Phi) is 5.00. The molecule has 2 heterocycles. The number of fused-ring (bicyclic) bond motifs is 1. The van der Waals surface area contributed by atoms with Crippen LogP contribution in [0.1, 0.15) is 17.3 Å². The molecule has 0 spiro atoms. The topological polar surface area (TPSA) is 113 Å². The van der Waals surface area contributed by atoms with E-state index in [0.29, 0.717) is 22.3 Å². The Labute approximate surface area is 169 Å². The van der Waals surface area contributed by atoms with Gasteiger partial charge in [0, 0.05) is 22.6 Å². The van der Waals surface area contributed by atoms with Crippen LogP contribution in [-0.4, -0.2) is 29.2 Å². The van der Waals surface area contributed by atoms with E-state index in [1.54, 1.807) is 18.4 Å². The second kappa shape index (κ2) is 7.76. The average Bonchev–Trinajstić information content (AvgIpc) is 3.37. The second-order valence-electron chi connectivity index (χ2n) is 5.93. The van der Waals surface area contributed by atoms with Gasteiger partial charge in [-0.25, -0.2) is 4.98 Å². The molecule has 3 aromatic rings. The zero-order chi connectivity index (χ0) is 20.4. The van der Waals surface area contributed by atoms with Crippen molar-refractivity contribution in [1.29, 1.82) is 0 Å². The fraction of sp³-hybridized carbons (Fsp3) is 0.158. The highest BCUT2D eigenvalue weighted by atomic mass is 32.1. The minimum atomic E-state index is -0.580. The maximum absolute atomic E-state index is 12.5. The summed E-state index contributed by atoms with van der Waals surface area (Å²) in [6, 6.07) is 9.54. The lowest BCUT2D eigenvalue weighted by atomic mass is 10.1. The number of ether oxygens (including phenoxy) is 3. The van der Waals surface area contributed by atoms with E-state index in [1.807, 2.05) is 12.1 Å². The average molecular weight is 413 g/mol. The molecule has 0 saturated heterocycles. The van der Waals surface area contributed by atoms with Crippen molar-refractivity contribution in [3.05, 3.63) is 57.5 Å². The Morgan fingerprint density at radius 3 is 2.90 bits per heavy atom. The normalized spacial score (nSPS) is 11.9. The third-order valence-electron chi connectivity index (χ3n) is 4.11. The molecule has 1 aromatic heterocycles.